The van der Waals surface area contributed by atoms with Gasteiger partial charge in [0.15, 0.2) is 5.82 Å². The van der Waals surface area contributed by atoms with Crippen LogP contribution in [0.4, 0.5) is 0 Å². The van der Waals surface area contributed by atoms with Crippen molar-refractivity contribution < 1.29 is 23.6 Å². The number of carbonyl (C=O) groups excluding carboxylic acids is 2. The first-order valence-electron chi connectivity index (χ1n) is 8.97. The standard InChI is InChI=1S/C18H23N5O5/c1-11(24)23-8-6-12(7-9-23)16-20-15(28-22-16)10-19-17(25)13-4-5-14(26-2)21-18(13)27-3/h4-5,12H,6-10H2,1-3H3,(H,19,25). The van der Waals surface area contributed by atoms with E-state index in [0.29, 0.717) is 30.7 Å². The number of nitrogens with one attached hydrogen (secondary N) is 1. The Labute approximate surface area is 162 Å². The smallest absolute Gasteiger partial charge is 0.257 e. The van der Waals surface area contributed by atoms with Gasteiger partial charge in [0.1, 0.15) is 5.56 Å². The van der Waals surface area contributed by atoms with E-state index in [4.69, 9.17) is 14.0 Å². The lowest BCUT2D eigenvalue weighted by Gasteiger charge is -2.29. The predicted molar refractivity (Wildman–Crippen MR) is 97.0 cm³/mol. The van der Waals surface area contributed by atoms with Crippen molar-refractivity contribution >= 4 is 11.8 Å². The van der Waals surface area contributed by atoms with E-state index in [-0.39, 0.29) is 35.7 Å². The Morgan fingerprint density at radius 3 is 2.61 bits per heavy atom. The molecule has 1 saturated heterocycles. The summed E-state index contributed by atoms with van der Waals surface area (Å²) >= 11 is 0. The number of piperidine rings is 1. The first kappa shape index (κ1) is 19.6. The average molecular weight is 389 g/mol. The Morgan fingerprint density at radius 1 is 1.21 bits per heavy atom. The highest BCUT2D eigenvalue weighted by Crippen LogP contribution is 2.26. The van der Waals surface area contributed by atoms with Gasteiger partial charge in [-0.3, -0.25) is 9.59 Å². The van der Waals surface area contributed by atoms with Crippen LogP contribution in [0.25, 0.3) is 0 Å². The summed E-state index contributed by atoms with van der Waals surface area (Å²) in [5.41, 5.74) is 0.277. The van der Waals surface area contributed by atoms with Crippen LogP contribution in [0.3, 0.4) is 0 Å². The molecule has 2 aromatic heterocycles. The summed E-state index contributed by atoms with van der Waals surface area (Å²) in [6.07, 6.45) is 1.58. The molecule has 0 unspecified atom stereocenters. The van der Waals surface area contributed by atoms with Gasteiger partial charge in [-0.2, -0.15) is 9.97 Å². The van der Waals surface area contributed by atoms with Crippen molar-refractivity contribution in [3.05, 3.63) is 29.4 Å². The molecular weight excluding hydrogens is 366 g/mol. The number of rotatable bonds is 6. The second kappa shape index (κ2) is 8.68. The van der Waals surface area contributed by atoms with E-state index in [2.05, 4.69) is 20.4 Å². The van der Waals surface area contributed by atoms with E-state index >= 15 is 0 Å². The van der Waals surface area contributed by atoms with Crippen LogP contribution in [-0.4, -0.2) is 59.1 Å². The number of hydrogen-bond acceptors (Lipinski definition) is 8. The summed E-state index contributed by atoms with van der Waals surface area (Å²) in [6.45, 7) is 3.03. The third-order valence-electron chi connectivity index (χ3n) is 4.67. The number of methoxy groups -OCH3 is 2. The molecule has 0 aromatic carbocycles. The fraction of sp³-hybridized carbons (Fsp3) is 0.500. The molecule has 2 amide bonds. The van der Waals surface area contributed by atoms with Crippen LogP contribution < -0.4 is 14.8 Å². The zero-order valence-electron chi connectivity index (χ0n) is 16.1. The van der Waals surface area contributed by atoms with E-state index in [1.54, 1.807) is 19.1 Å². The average Bonchev–Trinajstić information content (AvgIpc) is 3.20. The lowest BCUT2D eigenvalue weighted by atomic mass is 9.96. The van der Waals surface area contributed by atoms with Gasteiger partial charge in [0, 0.05) is 32.0 Å². The van der Waals surface area contributed by atoms with Gasteiger partial charge in [0.05, 0.1) is 20.8 Å². The minimum Gasteiger partial charge on any atom is -0.481 e. The monoisotopic (exact) mass is 389 g/mol. The van der Waals surface area contributed by atoms with Gasteiger partial charge >= 0.3 is 0 Å². The molecule has 0 spiro atoms. The Bertz CT molecular complexity index is 845. The quantitative estimate of drug-likeness (QED) is 0.781. The molecule has 0 saturated carbocycles. The molecular formula is C18H23N5O5. The van der Waals surface area contributed by atoms with Gasteiger partial charge in [-0.1, -0.05) is 5.16 Å². The zero-order valence-corrected chi connectivity index (χ0v) is 16.1. The normalized spacial score (nSPS) is 14.6. The van der Waals surface area contributed by atoms with E-state index < -0.39 is 0 Å². The fourth-order valence-corrected chi connectivity index (χ4v) is 3.07. The minimum absolute atomic E-state index is 0.0819. The first-order chi connectivity index (χ1) is 13.5. The van der Waals surface area contributed by atoms with Gasteiger partial charge in [0.2, 0.25) is 23.6 Å². The Hall–Kier alpha value is -3.17. The van der Waals surface area contributed by atoms with E-state index in [9.17, 15) is 9.59 Å². The van der Waals surface area contributed by atoms with Crippen molar-refractivity contribution in [3.8, 4) is 11.8 Å². The number of likely N-dealkylation sites (tertiary alicyclic amines) is 1. The highest BCUT2D eigenvalue weighted by Gasteiger charge is 2.25. The zero-order chi connectivity index (χ0) is 20.1. The largest absolute Gasteiger partial charge is 0.481 e. The van der Waals surface area contributed by atoms with Gasteiger partial charge < -0.3 is 24.2 Å². The van der Waals surface area contributed by atoms with Crippen molar-refractivity contribution in [1.29, 1.82) is 0 Å². The second-order valence-corrected chi connectivity index (χ2v) is 6.42. The summed E-state index contributed by atoms with van der Waals surface area (Å²) in [5, 5.41) is 6.74. The molecule has 0 aliphatic carbocycles. The molecule has 10 heteroatoms. The summed E-state index contributed by atoms with van der Waals surface area (Å²) in [7, 11) is 2.92. The van der Waals surface area contributed by atoms with E-state index in [1.165, 1.54) is 14.2 Å². The molecule has 1 aliphatic rings. The van der Waals surface area contributed by atoms with E-state index in [0.717, 1.165) is 12.8 Å². The summed E-state index contributed by atoms with van der Waals surface area (Å²) in [5.74, 6) is 1.30. The van der Waals surface area contributed by atoms with Crippen molar-refractivity contribution in [2.45, 2.75) is 32.2 Å². The van der Waals surface area contributed by atoms with E-state index in [1.807, 2.05) is 4.90 Å². The number of nitrogens with zero attached hydrogens (tertiary/aromatic N) is 4. The molecule has 0 radical (unpaired) electrons. The summed E-state index contributed by atoms with van der Waals surface area (Å²) in [6, 6.07) is 3.15. The van der Waals surface area contributed by atoms with Crippen molar-refractivity contribution in [1.82, 2.24) is 25.3 Å². The second-order valence-electron chi connectivity index (χ2n) is 6.42. The van der Waals surface area contributed by atoms with Crippen molar-refractivity contribution in [3.63, 3.8) is 0 Å². The van der Waals surface area contributed by atoms with Crippen LogP contribution in [0.5, 0.6) is 11.8 Å². The van der Waals surface area contributed by atoms with Gasteiger partial charge in [-0.25, -0.2) is 0 Å². The summed E-state index contributed by atoms with van der Waals surface area (Å²) in [4.78, 5) is 34.1. The molecule has 150 valence electrons. The predicted octanol–water partition coefficient (Wildman–Crippen LogP) is 1.14. The number of pyridine rings is 1. The maximum atomic E-state index is 12.4. The molecule has 1 fully saturated rings. The van der Waals surface area contributed by atoms with Crippen molar-refractivity contribution in [2.75, 3.05) is 27.3 Å². The Kier molecular flexibility index (Phi) is 6.07. The first-order valence-corrected chi connectivity index (χ1v) is 8.97. The Morgan fingerprint density at radius 2 is 1.96 bits per heavy atom. The molecule has 10 nitrogen and oxygen atoms in total. The van der Waals surface area contributed by atoms with Crippen LogP contribution in [0, 0.1) is 0 Å². The van der Waals surface area contributed by atoms with Crippen LogP contribution in [0.15, 0.2) is 16.7 Å². The minimum atomic E-state index is -0.374. The third-order valence-corrected chi connectivity index (χ3v) is 4.67. The lowest BCUT2D eigenvalue weighted by Crippen LogP contribution is -2.36. The molecule has 2 aromatic rings. The van der Waals surface area contributed by atoms with Crippen molar-refractivity contribution in [2.24, 2.45) is 0 Å². The molecule has 28 heavy (non-hydrogen) atoms. The maximum Gasteiger partial charge on any atom is 0.257 e. The molecule has 1 aliphatic heterocycles. The molecule has 0 bridgehead atoms. The van der Waals surface area contributed by atoms with Gasteiger partial charge in [-0.05, 0) is 18.9 Å². The number of carbonyl (C=O) groups is 2. The molecule has 1 N–H and O–H groups in total. The highest BCUT2D eigenvalue weighted by atomic mass is 16.5. The summed E-state index contributed by atoms with van der Waals surface area (Å²) < 4.78 is 15.4. The maximum absolute atomic E-state index is 12.4. The SMILES string of the molecule is COc1ccc(C(=O)NCc2nc(C3CCN(C(C)=O)CC3)no2)c(OC)n1. The molecule has 0 atom stereocenters. The van der Waals surface area contributed by atoms with Crippen LogP contribution in [0.2, 0.25) is 0 Å². The van der Waals surface area contributed by atoms with Crippen LogP contribution in [0.1, 0.15) is 47.8 Å². The van der Waals surface area contributed by atoms with Crippen LogP contribution >= 0.6 is 0 Å². The highest BCUT2D eigenvalue weighted by molar-refractivity contribution is 5.96. The number of hydrogen-bond donors (Lipinski definition) is 1. The van der Waals surface area contributed by atoms with Crippen LogP contribution in [-0.2, 0) is 11.3 Å². The number of amides is 2. The van der Waals surface area contributed by atoms with Gasteiger partial charge in [0.25, 0.3) is 5.91 Å². The third kappa shape index (κ3) is 4.38. The fourth-order valence-electron chi connectivity index (χ4n) is 3.07. The number of ether oxygens (including phenoxy) is 2. The number of aromatic nitrogens is 3. The molecule has 3 rings (SSSR count). The molecule has 3 heterocycles. The topological polar surface area (TPSA) is 120 Å². The van der Waals surface area contributed by atoms with Gasteiger partial charge in [-0.15, -0.1) is 0 Å². The lowest BCUT2D eigenvalue weighted by molar-refractivity contribution is -0.129. The Balaban J connectivity index is 1.57.